The minimum Gasteiger partial charge on any atom is -0.397 e. The number of hydrogen-bond donors (Lipinski definition) is 3. The van der Waals surface area contributed by atoms with Gasteiger partial charge in [-0.05, 0) is 18.2 Å². The van der Waals surface area contributed by atoms with Gasteiger partial charge in [-0.15, -0.1) is 0 Å². The lowest BCUT2D eigenvalue weighted by molar-refractivity contribution is 0.100. The van der Waals surface area contributed by atoms with Gasteiger partial charge >= 0.3 is 0 Å². The molecule has 0 saturated carbocycles. The maximum Gasteiger partial charge on any atom is 0.250 e. The molecular weight excluding hydrogens is 235 g/mol. The number of pyridine rings is 1. The van der Waals surface area contributed by atoms with Crippen LogP contribution in [0, 0.1) is 5.82 Å². The van der Waals surface area contributed by atoms with E-state index in [1.54, 1.807) is 18.2 Å². The van der Waals surface area contributed by atoms with E-state index in [-0.39, 0.29) is 16.9 Å². The van der Waals surface area contributed by atoms with Crippen LogP contribution in [0.3, 0.4) is 0 Å². The van der Waals surface area contributed by atoms with Crippen LogP contribution in [0.4, 0.5) is 21.6 Å². The van der Waals surface area contributed by atoms with E-state index in [1.165, 1.54) is 18.3 Å². The van der Waals surface area contributed by atoms with E-state index in [2.05, 4.69) is 10.3 Å². The third kappa shape index (κ3) is 2.37. The molecule has 0 atom stereocenters. The highest BCUT2D eigenvalue weighted by molar-refractivity contribution is 5.98. The van der Waals surface area contributed by atoms with Crippen molar-refractivity contribution in [3.8, 4) is 0 Å². The molecule has 0 aliphatic carbocycles. The Morgan fingerprint density at radius 3 is 2.72 bits per heavy atom. The van der Waals surface area contributed by atoms with E-state index in [0.29, 0.717) is 5.82 Å². The van der Waals surface area contributed by atoms with Gasteiger partial charge in [0.05, 0.1) is 23.1 Å². The average Bonchev–Trinajstić information content (AvgIpc) is 2.34. The Morgan fingerprint density at radius 1 is 1.33 bits per heavy atom. The summed E-state index contributed by atoms with van der Waals surface area (Å²) in [6.45, 7) is 0. The minimum atomic E-state index is -0.661. The topological polar surface area (TPSA) is 94.0 Å². The fourth-order valence-electron chi connectivity index (χ4n) is 1.45. The van der Waals surface area contributed by atoms with E-state index in [4.69, 9.17) is 11.5 Å². The number of primary amides is 1. The smallest absolute Gasteiger partial charge is 0.250 e. The molecule has 92 valence electrons. The number of carbonyl (C=O) groups excluding carboxylic acids is 1. The fraction of sp³-hybridized carbons (Fsp3) is 0. The summed E-state index contributed by atoms with van der Waals surface area (Å²) in [7, 11) is 0. The van der Waals surface area contributed by atoms with E-state index in [1.807, 2.05) is 0 Å². The van der Waals surface area contributed by atoms with Crippen molar-refractivity contribution < 1.29 is 9.18 Å². The number of aromatic nitrogens is 1. The number of hydrogen-bond acceptors (Lipinski definition) is 4. The maximum atomic E-state index is 13.4. The third-order valence-corrected chi connectivity index (χ3v) is 2.34. The second-order valence-corrected chi connectivity index (χ2v) is 3.63. The highest BCUT2D eigenvalue weighted by Crippen LogP contribution is 2.20. The first-order valence-corrected chi connectivity index (χ1v) is 5.15. The molecule has 5 nitrogen and oxygen atoms in total. The van der Waals surface area contributed by atoms with Gasteiger partial charge in [0.1, 0.15) is 11.6 Å². The van der Waals surface area contributed by atoms with Gasteiger partial charge in [-0.1, -0.05) is 12.1 Å². The molecule has 2 rings (SSSR count). The predicted molar refractivity (Wildman–Crippen MR) is 66.8 cm³/mol. The second kappa shape index (κ2) is 4.70. The number of rotatable bonds is 3. The summed E-state index contributed by atoms with van der Waals surface area (Å²) >= 11 is 0. The Hall–Kier alpha value is -2.63. The molecule has 0 radical (unpaired) electrons. The molecule has 0 saturated heterocycles. The molecular formula is C12H11FN4O. The highest BCUT2D eigenvalue weighted by atomic mass is 19.1. The molecule has 0 unspecified atom stereocenters. The van der Waals surface area contributed by atoms with Crippen molar-refractivity contribution in [3.63, 3.8) is 0 Å². The summed E-state index contributed by atoms with van der Waals surface area (Å²) in [5, 5.41) is 2.75. The van der Waals surface area contributed by atoms with Gasteiger partial charge in [0.25, 0.3) is 5.91 Å². The van der Waals surface area contributed by atoms with Gasteiger partial charge in [-0.25, -0.2) is 9.37 Å². The quantitative estimate of drug-likeness (QED) is 0.767. The molecule has 2 aromatic rings. The lowest BCUT2D eigenvalue weighted by Crippen LogP contribution is -2.14. The Kier molecular flexibility index (Phi) is 3.09. The van der Waals surface area contributed by atoms with Gasteiger partial charge in [-0.3, -0.25) is 4.79 Å². The first-order chi connectivity index (χ1) is 8.58. The maximum absolute atomic E-state index is 13.4. The van der Waals surface area contributed by atoms with Crippen molar-refractivity contribution in [2.45, 2.75) is 0 Å². The van der Waals surface area contributed by atoms with Crippen LogP contribution in [0.5, 0.6) is 0 Å². The SMILES string of the molecule is NC(=O)c1cc(Nc2ccccc2F)ncc1N. The lowest BCUT2D eigenvalue weighted by Gasteiger charge is -2.08. The van der Waals surface area contributed by atoms with Crippen molar-refractivity contribution in [3.05, 3.63) is 47.9 Å². The summed E-state index contributed by atoms with van der Waals surface area (Å²) < 4.78 is 13.4. The molecule has 18 heavy (non-hydrogen) atoms. The molecule has 0 aliphatic heterocycles. The van der Waals surface area contributed by atoms with Crippen LogP contribution >= 0.6 is 0 Å². The van der Waals surface area contributed by atoms with E-state index >= 15 is 0 Å². The van der Waals surface area contributed by atoms with Gasteiger partial charge in [0, 0.05) is 0 Å². The first kappa shape index (κ1) is 11.8. The zero-order valence-corrected chi connectivity index (χ0v) is 9.35. The number of amides is 1. The minimum absolute atomic E-state index is 0.142. The zero-order chi connectivity index (χ0) is 13.1. The van der Waals surface area contributed by atoms with E-state index in [9.17, 15) is 9.18 Å². The van der Waals surface area contributed by atoms with Gasteiger partial charge in [0.2, 0.25) is 0 Å². The monoisotopic (exact) mass is 246 g/mol. The van der Waals surface area contributed by atoms with Crippen molar-refractivity contribution in [1.29, 1.82) is 0 Å². The van der Waals surface area contributed by atoms with Crippen LogP contribution in [0.2, 0.25) is 0 Å². The molecule has 1 heterocycles. The Balaban J connectivity index is 2.33. The van der Waals surface area contributed by atoms with Crippen LogP contribution in [-0.2, 0) is 0 Å². The molecule has 6 heteroatoms. The molecule has 5 N–H and O–H groups in total. The number of nitrogens with zero attached hydrogens (tertiary/aromatic N) is 1. The second-order valence-electron chi connectivity index (χ2n) is 3.63. The number of anilines is 3. The molecule has 0 aliphatic rings. The van der Waals surface area contributed by atoms with Crippen LogP contribution in [0.25, 0.3) is 0 Å². The average molecular weight is 246 g/mol. The number of nitrogen functional groups attached to an aromatic ring is 1. The summed E-state index contributed by atoms with van der Waals surface area (Å²) in [5.74, 6) is -0.786. The van der Waals surface area contributed by atoms with Gasteiger partial charge < -0.3 is 16.8 Å². The largest absolute Gasteiger partial charge is 0.397 e. The Labute approximate surface area is 103 Å². The number of para-hydroxylation sites is 1. The van der Waals surface area contributed by atoms with Crippen LogP contribution in [0.15, 0.2) is 36.5 Å². The number of carbonyl (C=O) groups is 1. The fourth-order valence-corrected chi connectivity index (χ4v) is 1.45. The number of nitrogens with one attached hydrogen (secondary N) is 1. The van der Waals surface area contributed by atoms with Crippen LogP contribution < -0.4 is 16.8 Å². The molecule has 0 fully saturated rings. The zero-order valence-electron chi connectivity index (χ0n) is 9.35. The third-order valence-electron chi connectivity index (χ3n) is 2.34. The molecule has 1 amide bonds. The molecule has 1 aromatic heterocycles. The van der Waals surface area contributed by atoms with Crippen molar-refractivity contribution in [2.75, 3.05) is 11.1 Å². The highest BCUT2D eigenvalue weighted by Gasteiger charge is 2.09. The van der Waals surface area contributed by atoms with Crippen LogP contribution in [0.1, 0.15) is 10.4 Å². The Bertz CT molecular complexity index is 600. The van der Waals surface area contributed by atoms with E-state index in [0.717, 1.165) is 0 Å². The van der Waals surface area contributed by atoms with Gasteiger partial charge in [0.15, 0.2) is 0 Å². The van der Waals surface area contributed by atoms with Crippen molar-refractivity contribution >= 4 is 23.1 Å². The standard InChI is InChI=1S/C12H11FN4O/c13-8-3-1-2-4-10(8)17-11-5-7(12(15)18)9(14)6-16-11/h1-6H,14H2,(H2,15,18)(H,16,17). The van der Waals surface area contributed by atoms with Gasteiger partial charge in [-0.2, -0.15) is 0 Å². The van der Waals surface area contributed by atoms with Crippen molar-refractivity contribution in [1.82, 2.24) is 4.98 Å². The van der Waals surface area contributed by atoms with E-state index < -0.39 is 11.7 Å². The molecule has 0 bridgehead atoms. The normalized spacial score (nSPS) is 10.1. The summed E-state index contributed by atoms with van der Waals surface area (Å²) in [6, 6.07) is 7.50. The lowest BCUT2D eigenvalue weighted by atomic mass is 10.2. The molecule has 0 spiro atoms. The molecule has 1 aromatic carbocycles. The summed E-state index contributed by atoms with van der Waals surface area (Å²) in [5.41, 5.74) is 11.3. The Morgan fingerprint density at radius 2 is 2.06 bits per heavy atom. The van der Waals surface area contributed by atoms with Crippen molar-refractivity contribution in [2.24, 2.45) is 5.73 Å². The summed E-state index contributed by atoms with van der Waals surface area (Å²) in [6.07, 6.45) is 1.29. The predicted octanol–water partition coefficient (Wildman–Crippen LogP) is 1.65. The first-order valence-electron chi connectivity index (χ1n) is 5.15. The number of benzene rings is 1. The van der Waals surface area contributed by atoms with Crippen LogP contribution in [-0.4, -0.2) is 10.9 Å². The number of halogens is 1. The number of nitrogens with two attached hydrogens (primary N) is 2. The summed E-state index contributed by atoms with van der Waals surface area (Å²) in [4.78, 5) is 15.1.